The first-order valence-electron chi connectivity index (χ1n) is 10.9. The standard InChI is InChI=1S/C24H27F2N5O2/c1-18-4-2-3-5-20(18)23(32)13-29-8-10-30(11-9-29)14-24(33,15-31-17-27-16-28-31)21-7-6-19(25)12-22(21)26/h2-7,12,16-17,33H,8-11,13-15H2,1H3. The fourth-order valence-corrected chi connectivity index (χ4v) is 4.32. The summed E-state index contributed by atoms with van der Waals surface area (Å²) in [5, 5.41) is 15.5. The van der Waals surface area contributed by atoms with E-state index in [0.717, 1.165) is 23.3 Å². The third-order valence-electron chi connectivity index (χ3n) is 6.09. The van der Waals surface area contributed by atoms with Gasteiger partial charge in [0.25, 0.3) is 0 Å². The van der Waals surface area contributed by atoms with Gasteiger partial charge in [0.15, 0.2) is 5.78 Å². The molecule has 7 nitrogen and oxygen atoms in total. The van der Waals surface area contributed by atoms with Crippen LogP contribution in [-0.2, 0) is 12.1 Å². The molecule has 0 spiro atoms. The van der Waals surface area contributed by atoms with Gasteiger partial charge in [0.1, 0.15) is 29.9 Å². The van der Waals surface area contributed by atoms with Gasteiger partial charge in [-0.05, 0) is 18.6 Å². The van der Waals surface area contributed by atoms with E-state index in [2.05, 4.69) is 15.0 Å². The van der Waals surface area contributed by atoms with Gasteiger partial charge in [0.05, 0.1) is 13.1 Å². The van der Waals surface area contributed by atoms with E-state index in [1.54, 1.807) is 0 Å². The van der Waals surface area contributed by atoms with E-state index in [0.29, 0.717) is 32.7 Å². The molecule has 0 bridgehead atoms. The van der Waals surface area contributed by atoms with Gasteiger partial charge >= 0.3 is 0 Å². The number of rotatable bonds is 8. The first-order chi connectivity index (χ1) is 15.8. The van der Waals surface area contributed by atoms with E-state index in [9.17, 15) is 18.7 Å². The summed E-state index contributed by atoms with van der Waals surface area (Å²) in [6, 6.07) is 10.7. The summed E-state index contributed by atoms with van der Waals surface area (Å²) in [4.78, 5) is 20.7. The van der Waals surface area contributed by atoms with Crippen molar-refractivity contribution in [1.82, 2.24) is 24.6 Å². The fraction of sp³-hybridized carbons (Fsp3) is 0.375. The molecule has 0 amide bonds. The lowest BCUT2D eigenvalue weighted by atomic mass is 9.92. The molecule has 1 fully saturated rings. The zero-order chi connectivity index (χ0) is 23.4. The van der Waals surface area contributed by atoms with Gasteiger partial charge in [-0.15, -0.1) is 0 Å². The Morgan fingerprint density at radius 1 is 1.06 bits per heavy atom. The molecule has 1 aliphatic heterocycles. The molecule has 33 heavy (non-hydrogen) atoms. The van der Waals surface area contributed by atoms with Crippen molar-refractivity contribution in [2.75, 3.05) is 39.3 Å². The van der Waals surface area contributed by atoms with Gasteiger partial charge in [-0.1, -0.05) is 30.3 Å². The molecule has 1 unspecified atom stereocenters. The highest BCUT2D eigenvalue weighted by Gasteiger charge is 2.36. The molecule has 1 atom stereocenters. The molecule has 174 valence electrons. The van der Waals surface area contributed by atoms with Gasteiger partial charge in [-0.25, -0.2) is 18.4 Å². The smallest absolute Gasteiger partial charge is 0.177 e. The predicted molar refractivity (Wildman–Crippen MR) is 119 cm³/mol. The van der Waals surface area contributed by atoms with E-state index in [4.69, 9.17) is 0 Å². The van der Waals surface area contributed by atoms with Crippen LogP contribution in [0.3, 0.4) is 0 Å². The van der Waals surface area contributed by atoms with E-state index < -0.39 is 17.2 Å². The van der Waals surface area contributed by atoms with E-state index in [1.165, 1.54) is 23.4 Å². The third kappa shape index (κ3) is 5.50. The number of hydrogen-bond donors (Lipinski definition) is 1. The lowest BCUT2D eigenvalue weighted by molar-refractivity contribution is -0.0314. The van der Waals surface area contributed by atoms with Crippen LogP contribution >= 0.6 is 0 Å². The Labute approximate surface area is 191 Å². The maximum atomic E-state index is 14.6. The highest BCUT2D eigenvalue weighted by molar-refractivity contribution is 5.98. The second-order valence-corrected chi connectivity index (χ2v) is 8.54. The zero-order valence-electron chi connectivity index (χ0n) is 18.5. The van der Waals surface area contributed by atoms with Crippen LogP contribution in [0.25, 0.3) is 0 Å². The molecule has 1 aromatic heterocycles. The summed E-state index contributed by atoms with van der Waals surface area (Å²) in [6.07, 6.45) is 2.78. The van der Waals surface area contributed by atoms with Crippen molar-refractivity contribution < 1.29 is 18.7 Å². The number of piperazine rings is 1. The van der Waals surface area contributed by atoms with Crippen LogP contribution in [0.2, 0.25) is 0 Å². The fourth-order valence-electron chi connectivity index (χ4n) is 4.32. The topological polar surface area (TPSA) is 74.5 Å². The summed E-state index contributed by atoms with van der Waals surface area (Å²) >= 11 is 0. The second-order valence-electron chi connectivity index (χ2n) is 8.54. The quantitative estimate of drug-likeness (QED) is 0.526. The molecule has 1 aliphatic rings. The van der Waals surface area contributed by atoms with Gasteiger partial charge in [0, 0.05) is 49.9 Å². The summed E-state index contributed by atoms with van der Waals surface area (Å²) in [5.74, 6) is -1.43. The number of aliphatic hydroxyl groups is 1. The predicted octanol–water partition coefficient (Wildman–Crippen LogP) is 2.25. The Balaban J connectivity index is 1.43. The van der Waals surface area contributed by atoms with Gasteiger partial charge in [0.2, 0.25) is 0 Å². The second kappa shape index (κ2) is 9.86. The Kier molecular flexibility index (Phi) is 6.92. The van der Waals surface area contributed by atoms with Gasteiger partial charge in [-0.2, -0.15) is 5.10 Å². The van der Waals surface area contributed by atoms with Crippen LogP contribution < -0.4 is 0 Å². The number of β-amino-alcohol motifs (C(OH)–C–C–N with tert-alkyl or cyclic N) is 1. The number of benzene rings is 2. The SMILES string of the molecule is Cc1ccccc1C(=O)CN1CCN(CC(O)(Cn2cncn2)c2ccc(F)cc2F)CC1. The van der Waals surface area contributed by atoms with Crippen molar-refractivity contribution in [1.29, 1.82) is 0 Å². The van der Waals surface area contributed by atoms with Crippen molar-refractivity contribution in [3.8, 4) is 0 Å². The highest BCUT2D eigenvalue weighted by Crippen LogP contribution is 2.28. The van der Waals surface area contributed by atoms with E-state index >= 15 is 0 Å². The van der Waals surface area contributed by atoms with Crippen molar-refractivity contribution >= 4 is 5.78 Å². The maximum Gasteiger partial charge on any atom is 0.177 e. The number of carbonyl (C=O) groups excluding carboxylic acids is 1. The molecular formula is C24H27F2N5O2. The monoisotopic (exact) mass is 455 g/mol. The average molecular weight is 456 g/mol. The van der Waals surface area contributed by atoms with E-state index in [-0.39, 0.29) is 24.4 Å². The highest BCUT2D eigenvalue weighted by atomic mass is 19.1. The molecule has 0 aliphatic carbocycles. The summed E-state index contributed by atoms with van der Waals surface area (Å²) < 4.78 is 29.5. The molecular weight excluding hydrogens is 428 g/mol. The molecule has 3 aromatic rings. The number of Topliss-reactive ketones (excluding diaryl/α,β-unsaturated/α-hetero) is 1. The lowest BCUT2D eigenvalue weighted by Gasteiger charge is -2.39. The Morgan fingerprint density at radius 2 is 1.79 bits per heavy atom. The first-order valence-corrected chi connectivity index (χ1v) is 10.9. The average Bonchev–Trinajstić information content (AvgIpc) is 3.28. The first kappa shape index (κ1) is 23.2. The number of halogens is 2. The van der Waals surface area contributed by atoms with Crippen LogP contribution in [0.15, 0.2) is 55.1 Å². The minimum Gasteiger partial charge on any atom is -0.382 e. The molecule has 0 radical (unpaired) electrons. The van der Waals surface area contributed by atoms with Crippen LogP contribution in [0.4, 0.5) is 8.78 Å². The maximum absolute atomic E-state index is 14.6. The number of hydrogen-bond acceptors (Lipinski definition) is 6. The number of aromatic nitrogens is 3. The van der Waals surface area contributed by atoms with Gasteiger partial charge in [-0.3, -0.25) is 14.6 Å². The van der Waals surface area contributed by atoms with Crippen LogP contribution in [0.1, 0.15) is 21.5 Å². The van der Waals surface area contributed by atoms with Crippen molar-refractivity contribution in [2.45, 2.75) is 19.1 Å². The molecule has 2 heterocycles. The van der Waals surface area contributed by atoms with Crippen LogP contribution in [0, 0.1) is 18.6 Å². The minimum atomic E-state index is -1.63. The molecule has 1 N–H and O–H groups in total. The largest absolute Gasteiger partial charge is 0.382 e. The molecule has 0 saturated carbocycles. The van der Waals surface area contributed by atoms with Crippen molar-refractivity contribution in [2.24, 2.45) is 0 Å². The zero-order valence-corrected chi connectivity index (χ0v) is 18.5. The summed E-state index contributed by atoms with van der Waals surface area (Å²) in [6.45, 7) is 4.85. The Morgan fingerprint density at radius 3 is 2.45 bits per heavy atom. The number of carbonyl (C=O) groups is 1. The van der Waals surface area contributed by atoms with Crippen molar-refractivity contribution in [3.63, 3.8) is 0 Å². The molecule has 1 saturated heterocycles. The van der Waals surface area contributed by atoms with Gasteiger partial charge < -0.3 is 5.11 Å². The summed E-state index contributed by atoms with van der Waals surface area (Å²) in [7, 11) is 0. The Hall–Kier alpha value is -3.01. The number of aryl methyl sites for hydroxylation is 1. The third-order valence-corrected chi connectivity index (χ3v) is 6.09. The minimum absolute atomic E-state index is 0.0107. The Bertz CT molecular complexity index is 1100. The normalized spacial score (nSPS) is 17.1. The molecule has 2 aromatic carbocycles. The van der Waals surface area contributed by atoms with Crippen LogP contribution in [0.5, 0.6) is 0 Å². The summed E-state index contributed by atoms with van der Waals surface area (Å²) in [5.41, 5.74) is 0.0658. The lowest BCUT2D eigenvalue weighted by Crippen LogP contribution is -2.53. The number of nitrogens with zero attached hydrogens (tertiary/aromatic N) is 5. The molecule has 9 heteroatoms. The number of ketones is 1. The van der Waals surface area contributed by atoms with Crippen molar-refractivity contribution in [3.05, 3.63) is 83.4 Å². The molecule has 4 rings (SSSR count). The van der Waals surface area contributed by atoms with E-state index in [1.807, 2.05) is 36.1 Å². The van der Waals surface area contributed by atoms with Crippen LogP contribution in [-0.4, -0.2) is 74.7 Å².